The van der Waals surface area contributed by atoms with Crippen molar-refractivity contribution in [1.29, 1.82) is 0 Å². The van der Waals surface area contributed by atoms with E-state index in [4.69, 9.17) is 5.73 Å². The van der Waals surface area contributed by atoms with Gasteiger partial charge in [-0.2, -0.15) is 0 Å². The van der Waals surface area contributed by atoms with Gasteiger partial charge in [-0.3, -0.25) is 0 Å². The summed E-state index contributed by atoms with van der Waals surface area (Å²) in [5, 5.41) is 10.1. The van der Waals surface area contributed by atoms with E-state index in [0.29, 0.717) is 11.5 Å². The highest BCUT2D eigenvalue weighted by molar-refractivity contribution is 5.97. The number of hydrogen-bond donors (Lipinski definition) is 1. The van der Waals surface area contributed by atoms with Gasteiger partial charge in [0.15, 0.2) is 5.82 Å². The van der Waals surface area contributed by atoms with Crippen molar-refractivity contribution in [3.63, 3.8) is 0 Å². The van der Waals surface area contributed by atoms with Crippen LogP contribution in [0.1, 0.15) is 0 Å². The minimum atomic E-state index is 0.399. The molecule has 0 saturated heterocycles. The highest BCUT2D eigenvalue weighted by atomic mass is 15.1. The standard InChI is InChI=1S/C13H10N4/c14-13-12(17-16-8-15-13)11-7-3-5-9-4-1-2-6-10(9)11/h1-8H,(H2,14,15,16). The van der Waals surface area contributed by atoms with Crippen LogP contribution in [-0.4, -0.2) is 15.2 Å². The molecule has 0 aliphatic rings. The third kappa shape index (κ3) is 1.59. The van der Waals surface area contributed by atoms with Gasteiger partial charge in [-0.25, -0.2) is 4.98 Å². The minimum Gasteiger partial charge on any atom is -0.382 e. The SMILES string of the molecule is Nc1ncnnc1-c1cccc2ccccc12. The Morgan fingerprint density at radius 3 is 2.65 bits per heavy atom. The molecule has 3 rings (SSSR count). The maximum Gasteiger partial charge on any atom is 0.153 e. The molecule has 4 nitrogen and oxygen atoms in total. The highest BCUT2D eigenvalue weighted by Crippen LogP contribution is 2.28. The molecule has 17 heavy (non-hydrogen) atoms. The first-order valence-electron chi connectivity index (χ1n) is 5.27. The molecule has 0 unspecified atom stereocenters. The molecule has 0 saturated carbocycles. The van der Waals surface area contributed by atoms with E-state index in [9.17, 15) is 0 Å². The second-order valence-corrected chi connectivity index (χ2v) is 3.72. The number of hydrogen-bond acceptors (Lipinski definition) is 4. The molecular weight excluding hydrogens is 212 g/mol. The molecule has 1 heterocycles. The maximum absolute atomic E-state index is 5.83. The van der Waals surface area contributed by atoms with Crippen LogP contribution in [0.4, 0.5) is 5.82 Å². The summed E-state index contributed by atoms with van der Waals surface area (Å²) in [4.78, 5) is 3.97. The number of anilines is 1. The van der Waals surface area contributed by atoms with Crippen LogP contribution < -0.4 is 5.73 Å². The van der Waals surface area contributed by atoms with E-state index >= 15 is 0 Å². The van der Waals surface area contributed by atoms with E-state index in [0.717, 1.165) is 16.3 Å². The molecule has 0 amide bonds. The topological polar surface area (TPSA) is 64.7 Å². The second-order valence-electron chi connectivity index (χ2n) is 3.72. The largest absolute Gasteiger partial charge is 0.382 e. The van der Waals surface area contributed by atoms with Crippen LogP contribution in [0.3, 0.4) is 0 Å². The smallest absolute Gasteiger partial charge is 0.153 e. The molecule has 0 bridgehead atoms. The molecule has 82 valence electrons. The number of nitrogens with zero attached hydrogens (tertiary/aromatic N) is 3. The van der Waals surface area contributed by atoms with E-state index in [-0.39, 0.29) is 0 Å². The molecule has 0 spiro atoms. The summed E-state index contributed by atoms with van der Waals surface area (Å²) < 4.78 is 0. The molecule has 0 aliphatic heterocycles. The fourth-order valence-electron chi connectivity index (χ4n) is 1.91. The van der Waals surface area contributed by atoms with Crippen LogP contribution in [0, 0.1) is 0 Å². The van der Waals surface area contributed by atoms with Crippen molar-refractivity contribution >= 4 is 16.6 Å². The fraction of sp³-hybridized carbons (Fsp3) is 0. The van der Waals surface area contributed by atoms with Crippen LogP contribution in [0.15, 0.2) is 48.8 Å². The van der Waals surface area contributed by atoms with Gasteiger partial charge in [-0.1, -0.05) is 42.5 Å². The van der Waals surface area contributed by atoms with Crippen LogP contribution in [0.2, 0.25) is 0 Å². The average Bonchev–Trinajstić information content (AvgIpc) is 2.39. The third-order valence-electron chi connectivity index (χ3n) is 2.69. The van der Waals surface area contributed by atoms with Crippen molar-refractivity contribution in [3.8, 4) is 11.3 Å². The fourth-order valence-corrected chi connectivity index (χ4v) is 1.91. The minimum absolute atomic E-state index is 0.399. The van der Waals surface area contributed by atoms with E-state index in [1.165, 1.54) is 6.33 Å². The molecule has 2 aromatic carbocycles. The zero-order chi connectivity index (χ0) is 11.7. The normalized spacial score (nSPS) is 10.6. The summed E-state index contributed by atoms with van der Waals surface area (Å²) in [7, 11) is 0. The zero-order valence-corrected chi connectivity index (χ0v) is 9.04. The summed E-state index contributed by atoms with van der Waals surface area (Å²) in [6.07, 6.45) is 1.35. The van der Waals surface area contributed by atoms with Gasteiger partial charge in [-0.15, -0.1) is 10.2 Å². The van der Waals surface area contributed by atoms with Gasteiger partial charge >= 0.3 is 0 Å². The monoisotopic (exact) mass is 222 g/mol. The first kappa shape index (κ1) is 9.72. The lowest BCUT2D eigenvalue weighted by atomic mass is 10.0. The summed E-state index contributed by atoms with van der Waals surface area (Å²) in [6.45, 7) is 0. The maximum atomic E-state index is 5.83. The van der Waals surface area contributed by atoms with E-state index < -0.39 is 0 Å². The van der Waals surface area contributed by atoms with E-state index in [1.807, 2.05) is 30.3 Å². The van der Waals surface area contributed by atoms with Gasteiger partial charge in [-0.05, 0) is 10.8 Å². The van der Waals surface area contributed by atoms with Crippen LogP contribution >= 0.6 is 0 Å². The Kier molecular flexibility index (Phi) is 2.19. The quantitative estimate of drug-likeness (QED) is 0.686. The van der Waals surface area contributed by atoms with Crippen LogP contribution in [0.25, 0.3) is 22.0 Å². The predicted molar refractivity (Wildman–Crippen MR) is 67.2 cm³/mol. The van der Waals surface area contributed by atoms with Gasteiger partial charge < -0.3 is 5.73 Å². The molecule has 2 N–H and O–H groups in total. The Morgan fingerprint density at radius 2 is 1.76 bits per heavy atom. The Morgan fingerprint density at radius 1 is 0.941 bits per heavy atom. The summed E-state index contributed by atoms with van der Waals surface area (Å²) in [5.74, 6) is 0.399. The first-order chi connectivity index (χ1) is 8.36. The van der Waals surface area contributed by atoms with Gasteiger partial charge in [0.05, 0.1) is 0 Å². The molecule has 0 radical (unpaired) electrons. The summed E-state index contributed by atoms with van der Waals surface area (Å²) >= 11 is 0. The summed E-state index contributed by atoms with van der Waals surface area (Å²) in [6, 6.07) is 14.1. The highest BCUT2D eigenvalue weighted by Gasteiger charge is 2.08. The molecule has 3 aromatic rings. The van der Waals surface area contributed by atoms with Gasteiger partial charge in [0.25, 0.3) is 0 Å². The number of fused-ring (bicyclic) bond motifs is 1. The third-order valence-corrected chi connectivity index (χ3v) is 2.69. The lowest BCUT2D eigenvalue weighted by molar-refractivity contribution is 0.984. The summed E-state index contributed by atoms with van der Waals surface area (Å²) in [5.41, 5.74) is 7.42. The van der Waals surface area contributed by atoms with E-state index in [2.05, 4.69) is 27.3 Å². The van der Waals surface area contributed by atoms with Crippen LogP contribution in [-0.2, 0) is 0 Å². The number of rotatable bonds is 1. The Balaban J connectivity index is 2.35. The number of aromatic nitrogens is 3. The molecule has 0 fully saturated rings. The van der Waals surface area contributed by atoms with Crippen molar-refractivity contribution in [2.45, 2.75) is 0 Å². The van der Waals surface area contributed by atoms with Gasteiger partial charge in [0.2, 0.25) is 0 Å². The van der Waals surface area contributed by atoms with Crippen molar-refractivity contribution in [2.75, 3.05) is 5.73 Å². The number of nitrogen functional groups attached to an aromatic ring is 1. The molecule has 0 atom stereocenters. The lowest BCUT2D eigenvalue weighted by Gasteiger charge is -2.06. The Bertz CT molecular complexity index is 674. The lowest BCUT2D eigenvalue weighted by Crippen LogP contribution is -1.98. The van der Waals surface area contributed by atoms with Crippen molar-refractivity contribution in [2.24, 2.45) is 0 Å². The van der Waals surface area contributed by atoms with Crippen molar-refractivity contribution in [3.05, 3.63) is 48.8 Å². The molecule has 0 aliphatic carbocycles. The predicted octanol–water partition coefficient (Wildman–Crippen LogP) is 2.27. The Labute approximate surface area is 98.1 Å². The van der Waals surface area contributed by atoms with Crippen molar-refractivity contribution in [1.82, 2.24) is 15.2 Å². The Hall–Kier alpha value is -2.49. The van der Waals surface area contributed by atoms with Gasteiger partial charge in [0, 0.05) is 5.56 Å². The van der Waals surface area contributed by atoms with Crippen LogP contribution in [0.5, 0.6) is 0 Å². The number of benzene rings is 2. The van der Waals surface area contributed by atoms with Gasteiger partial charge in [0.1, 0.15) is 12.0 Å². The molecule has 1 aromatic heterocycles. The molecular formula is C13H10N4. The zero-order valence-electron chi connectivity index (χ0n) is 9.04. The van der Waals surface area contributed by atoms with Crippen molar-refractivity contribution < 1.29 is 0 Å². The number of nitrogens with two attached hydrogens (primary N) is 1. The molecule has 4 heteroatoms. The second kappa shape index (κ2) is 3.83. The van der Waals surface area contributed by atoms with E-state index in [1.54, 1.807) is 0 Å². The first-order valence-corrected chi connectivity index (χ1v) is 5.27. The average molecular weight is 222 g/mol.